The Morgan fingerprint density at radius 3 is 2.30 bits per heavy atom. The Morgan fingerprint density at radius 2 is 1.70 bits per heavy atom. The van der Waals surface area contributed by atoms with Crippen molar-refractivity contribution in [2.24, 2.45) is 0 Å². The van der Waals surface area contributed by atoms with Gasteiger partial charge in [0.2, 0.25) is 5.91 Å². The maximum Gasteiger partial charge on any atom is 0.225 e. The number of anilines is 1. The Bertz CT molecular complexity index is 609. The Hall–Kier alpha value is -2.14. The minimum atomic E-state index is -0.0131. The third-order valence-corrected chi connectivity index (χ3v) is 4.25. The molecule has 2 rings (SSSR count). The third kappa shape index (κ3) is 5.87. The smallest absolute Gasteiger partial charge is 0.225 e. The monoisotopic (exact) mass is 331 g/mol. The van der Waals surface area contributed by atoms with Crippen molar-refractivity contribution in [3.05, 3.63) is 54.1 Å². The molecule has 0 bridgehead atoms. The molecule has 2 aromatic carbocycles. The third-order valence-electron chi connectivity index (χ3n) is 3.22. The highest BCUT2D eigenvalue weighted by molar-refractivity contribution is 7.98. The number of nitrogens with one attached hydrogen (secondary N) is 1. The maximum atomic E-state index is 12.0. The van der Waals surface area contributed by atoms with Gasteiger partial charge >= 0.3 is 0 Å². The predicted molar refractivity (Wildman–Crippen MR) is 95.4 cm³/mol. The zero-order chi connectivity index (χ0) is 16.5. The van der Waals surface area contributed by atoms with Crippen LogP contribution in [-0.2, 0) is 10.5 Å². The van der Waals surface area contributed by atoms with E-state index in [1.54, 1.807) is 44.2 Å². The van der Waals surface area contributed by atoms with Gasteiger partial charge in [-0.1, -0.05) is 30.3 Å². The molecule has 2 aromatic rings. The van der Waals surface area contributed by atoms with Crippen LogP contribution in [0, 0.1) is 0 Å². The first-order valence-electron chi connectivity index (χ1n) is 7.36. The topological polar surface area (TPSA) is 47.6 Å². The predicted octanol–water partition coefficient (Wildman–Crippen LogP) is 3.97. The fourth-order valence-electron chi connectivity index (χ4n) is 2.03. The average molecular weight is 331 g/mol. The van der Waals surface area contributed by atoms with Gasteiger partial charge in [0.15, 0.2) is 0 Å². The van der Waals surface area contributed by atoms with E-state index in [1.807, 2.05) is 18.2 Å². The summed E-state index contributed by atoms with van der Waals surface area (Å²) in [6.07, 6.45) is 0.469. The van der Waals surface area contributed by atoms with E-state index in [2.05, 4.69) is 17.4 Å². The van der Waals surface area contributed by atoms with Gasteiger partial charge in [-0.05, 0) is 5.56 Å². The highest BCUT2D eigenvalue weighted by atomic mass is 32.2. The number of hydrogen-bond acceptors (Lipinski definition) is 4. The van der Waals surface area contributed by atoms with Crippen LogP contribution in [0.15, 0.2) is 48.5 Å². The molecule has 5 heteroatoms. The van der Waals surface area contributed by atoms with Crippen LogP contribution in [0.25, 0.3) is 0 Å². The lowest BCUT2D eigenvalue weighted by atomic mass is 10.2. The van der Waals surface area contributed by atoms with Crippen molar-refractivity contribution in [2.45, 2.75) is 12.2 Å². The van der Waals surface area contributed by atoms with E-state index in [9.17, 15) is 4.79 Å². The Kier molecular flexibility index (Phi) is 6.81. The zero-order valence-electron chi connectivity index (χ0n) is 13.4. The fourth-order valence-corrected chi connectivity index (χ4v) is 2.93. The van der Waals surface area contributed by atoms with Crippen LogP contribution in [0.1, 0.15) is 12.0 Å². The molecule has 0 saturated carbocycles. The summed E-state index contributed by atoms with van der Waals surface area (Å²) in [6.45, 7) is 0. The van der Waals surface area contributed by atoms with Crippen molar-refractivity contribution in [1.29, 1.82) is 0 Å². The van der Waals surface area contributed by atoms with Crippen LogP contribution in [-0.4, -0.2) is 25.9 Å². The first-order chi connectivity index (χ1) is 11.2. The molecule has 0 aliphatic heterocycles. The van der Waals surface area contributed by atoms with Gasteiger partial charge < -0.3 is 14.8 Å². The first-order valence-corrected chi connectivity index (χ1v) is 8.51. The number of benzene rings is 2. The van der Waals surface area contributed by atoms with Gasteiger partial charge in [0, 0.05) is 41.8 Å². The fraction of sp³-hybridized carbons (Fsp3) is 0.278. The van der Waals surface area contributed by atoms with Crippen LogP contribution in [0.4, 0.5) is 5.69 Å². The number of hydrogen-bond donors (Lipinski definition) is 1. The highest BCUT2D eigenvalue weighted by Gasteiger charge is 2.06. The number of amides is 1. The lowest BCUT2D eigenvalue weighted by molar-refractivity contribution is -0.115. The zero-order valence-corrected chi connectivity index (χ0v) is 14.2. The molecule has 0 fully saturated rings. The van der Waals surface area contributed by atoms with Crippen molar-refractivity contribution in [3.8, 4) is 11.5 Å². The number of carbonyl (C=O) groups is 1. The van der Waals surface area contributed by atoms with Crippen molar-refractivity contribution in [1.82, 2.24) is 0 Å². The highest BCUT2D eigenvalue weighted by Crippen LogP contribution is 2.26. The van der Waals surface area contributed by atoms with Gasteiger partial charge in [-0.25, -0.2) is 0 Å². The maximum absolute atomic E-state index is 12.0. The van der Waals surface area contributed by atoms with E-state index in [-0.39, 0.29) is 5.91 Å². The molecule has 4 nitrogen and oxygen atoms in total. The second kappa shape index (κ2) is 9.10. The lowest BCUT2D eigenvalue weighted by Crippen LogP contribution is -2.12. The van der Waals surface area contributed by atoms with Crippen LogP contribution in [0.2, 0.25) is 0 Å². The summed E-state index contributed by atoms with van der Waals surface area (Å²) in [5.74, 6) is 2.99. The molecule has 0 radical (unpaired) electrons. The molecule has 0 saturated heterocycles. The molecule has 1 N–H and O–H groups in total. The van der Waals surface area contributed by atoms with Gasteiger partial charge in [0.25, 0.3) is 0 Å². The second-order valence-electron chi connectivity index (χ2n) is 4.94. The van der Waals surface area contributed by atoms with Gasteiger partial charge in [-0.15, -0.1) is 0 Å². The molecule has 0 aliphatic rings. The van der Waals surface area contributed by atoms with Crippen LogP contribution >= 0.6 is 11.8 Å². The molecule has 1 amide bonds. The van der Waals surface area contributed by atoms with Crippen molar-refractivity contribution in [2.75, 3.05) is 25.3 Å². The van der Waals surface area contributed by atoms with Gasteiger partial charge in [0.1, 0.15) is 11.5 Å². The van der Waals surface area contributed by atoms with E-state index in [0.29, 0.717) is 23.6 Å². The van der Waals surface area contributed by atoms with Crippen LogP contribution in [0.3, 0.4) is 0 Å². The largest absolute Gasteiger partial charge is 0.497 e. The summed E-state index contributed by atoms with van der Waals surface area (Å²) in [7, 11) is 3.17. The molecule has 0 aromatic heterocycles. The summed E-state index contributed by atoms with van der Waals surface area (Å²) in [4.78, 5) is 12.0. The van der Waals surface area contributed by atoms with Gasteiger partial charge in [-0.3, -0.25) is 4.79 Å². The molecule has 0 unspecified atom stereocenters. The Morgan fingerprint density at radius 1 is 1.04 bits per heavy atom. The standard InChI is InChI=1S/C18H21NO3S/c1-21-16-10-15(11-17(12-16)22-2)19-18(20)8-9-23-13-14-6-4-3-5-7-14/h3-7,10-12H,8-9,13H2,1-2H3,(H,19,20). The molecule has 122 valence electrons. The molecular weight excluding hydrogens is 310 g/mol. The minimum Gasteiger partial charge on any atom is -0.497 e. The Labute approximate surface area is 141 Å². The quantitative estimate of drug-likeness (QED) is 0.744. The number of ether oxygens (including phenoxy) is 2. The first kappa shape index (κ1) is 17.2. The van der Waals surface area contributed by atoms with E-state index in [0.717, 1.165) is 11.5 Å². The molecule has 23 heavy (non-hydrogen) atoms. The minimum absolute atomic E-state index is 0.0131. The molecule has 0 spiro atoms. The molecular formula is C18H21NO3S. The Balaban J connectivity index is 1.78. The summed E-state index contributed by atoms with van der Waals surface area (Å²) in [6, 6.07) is 15.6. The number of carbonyl (C=O) groups excluding carboxylic acids is 1. The molecule has 0 aliphatic carbocycles. The van der Waals surface area contributed by atoms with E-state index in [4.69, 9.17) is 9.47 Å². The van der Waals surface area contributed by atoms with Crippen LogP contribution in [0.5, 0.6) is 11.5 Å². The molecule has 0 atom stereocenters. The lowest BCUT2D eigenvalue weighted by Gasteiger charge is -2.10. The summed E-state index contributed by atoms with van der Waals surface area (Å²) in [5.41, 5.74) is 1.95. The van der Waals surface area contributed by atoms with E-state index in [1.165, 1.54) is 5.56 Å². The average Bonchev–Trinajstić information content (AvgIpc) is 2.59. The number of rotatable bonds is 8. The summed E-state index contributed by atoms with van der Waals surface area (Å²) < 4.78 is 10.4. The summed E-state index contributed by atoms with van der Waals surface area (Å²) in [5, 5.41) is 2.88. The van der Waals surface area contributed by atoms with Gasteiger partial charge in [0.05, 0.1) is 14.2 Å². The van der Waals surface area contributed by atoms with E-state index >= 15 is 0 Å². The SMILES string of the molecule is COc1cc(NC(=O)CCSCc2ccccc2)cc(OC)c1. The van der Waals surface area contributed by atoms with Crippen molar-refractivity contribution in [3.63, 3.8) is 0 Å². The summed E-state index contributed by atoms with van der Waals surface area (Å²) >= 11 is 1.75. The van der Waals surface area contributed by atoms with Crippen LogP contribution < -0.4 is 14.8 Å². The van der Waals surface area contributed by atoms with Crippen molar-refractivity contribution >= 4 is 23.4 Å². The normalized spacial score (nSPS) is 10.2. The molecule has 0 heterocycles. The van der Waals surface area contributed by atoms with E-state index < -0.39 is 0 Å². The van der Waals surface area contributed by atoms with Gasteiger partial charge in [-0.2, -0.15) is 11.8 Å². The number of methoxy groups -OCH3 is 2. The second-order valence-corrected chi connectivity index (χ2v) is 6.04. The van der Waals surface area contributed by atoms with Crippen molar-refractivity contribution < 1.29 is 14.3 Å². The number of thioether (sulfide) groups is 1.